The zero-order valence-corrected chi connectivity index (χ0v) is 9.01. The molecule has 0 aliphatic carbocycles. The molecule has 1 aromatic rings. The number of halogens is 1. The van der Waals surface area contributed by atoms with Crippen LogP contribution in [0.25, 0.3) is 0 Å². The van der Waals surface area contributed by atoms with Crippen LogP contribution in [0.1, 0.15) is 17.9 Å². The molecule has 0 saturated carbocycles. The molecule has 80 valence electrons. The highest BCUT2D eigenvalue weighted by atomic mass is 35.5. The molecule has 0 radical (unpaired) electrons. The van der Waals surface area contributed by atoms with Crippen molar-refractivity contribution in [2.45, 2.75) is 12.3 Å². The summed E-state index contributed by atoms with van der Waals surface area (Å²) in [6.45, 7) is 2.37. The molecule has 1 saturated heterocycles. The molecular formula is C11H12ClNO2. The Hall–Kier alpha value is -0.930. The second-order valence-corrected chi connectivity index (χ2v) is 4.35. The Morgan fingerprint density at radius 2 is 2.27 bits per heavy atom. The fourth-order valence-electron chi connectivity index (χ4n) is 2.23. The Morgan fingerprint density at radius 1 is 1.33 bits per heavy atom. The van der Waals surface area contributed by atoms with Crippen molar-refractivity contribution < 1.29 is 9.47 Å². The van der Waals surface area contributed by atoms with Crippen molar-refractivity contribution in [2.75, 3.05) is 19.9 Å². The fourth-order valence-corrected chi connectivity index (χ4v) is 2.44. The lowest BCUT2D eigenvalue weighted by atomic mass is 9.97. The van der Waals surface area contributed by atoms with Gasteiger partial charge < -0.3 is 14.8 Å². The summed E-state index contributed by atoms with van der Waals surface area (Å²) in [5.74, 6) is 2.16. The molecule has 4 heteroatoms. The highest BCUT2D eigenvalue weighted by Crippen LogP contribution is 2.42. The first-order chi connectivity index (χ1) is 7.34. The van der Waals surface area contributed by atoms with Crippen LogP contribution in [0.15, 0.2) is 12.1 Å². The molecule has 0 bridgehead atoms. The summed E-state index contributed by atoms with van der Waals surface area (Å²) >= 11 is 6.05. The maximum Gasteiger partial charge on any atom is 0.231 e. The summed E-state index contributed by atoms with van der Waals surface area (Å²) in [5.41, 5.74) is 1.18. The van der Waals surface area contributed by atoms with Crippen molar-refractivity contribution >= 4 is 11.6 Å². The minimum absolute atomic E-state index is 0.308. The zero-order valence-electron chi connectivity index (χ0n) is 8.25. The lowest BCUT2D eigenvalue weighted by molar-refractivity contribution is 0.173. The quantitative estimate of drug-likeness (QED) is 0.795. The molecule has 0 amide bonds. The van der Waals surface area contributed by atoms with Crippen LogP contribution in [-0.2, 0) is 0 Å². The van der Waals surface area contributed by atoms with Crippen molar-refractivity contribution in [2.24, 2.45) is 0 Å². The number of nitrogens with one attached hydrogen (secondary N) is 1. The van der Waals surface area contributed by atoms with Gasteiger partial charge in [0.05, 0.1) is 0 Å². The van der Waals surface area contributed by atoms with Gasteiger partial charge in [-0.05, 0) is 19.0 Å². The van der Waals surface area contributed by atoms with Gasteiger partial charge in [-0.3, -0.25) is 0 Å². The Morgan fingerprint density at radius 3 is 3.07 bits per heavy atom. The summed E-state index contributed by atoms with van der Waals surface area (Å²) in [7, 11) is 0. The monoisotopic (exact) mass is 225 g/mol. The molecule has 1 unspecified atom stereocenters. The molecule has 0 aromatic heterocycles. The van der Waals surface area contributed by atoms with E-state index in [1.807, 2.05) is 12.1 Å². The van der Waals surface area contributed by atoms with Crippen LogP contribution in [0.2, 0.25) is 5.02 Å². The van der Waals surface area contributed by atoms with Gasteiger partial charge in [-0.1, -0.05) is 11.6 Å². The number of fused-ring (bicyclic) bond motifs is 1. The Labute approximate surface area is 93.3 Å². The number of ether oxygens (including phenoxy) is 2. The van der Waals surface area contributed by atoms with Gasteiger partial charge in [0.1, 0.15) is 0 Å². The first-order valence-corrected chi connectivity index (χ1v) is 5.52. The van der Waals surface area contributed by atoms with Crippen LogP contribution in [0, 0.1) is 0 Å². The predicted octanol–water partition coefficient (Wildman–Crippen LogP) is 2.15. The first kappa shape index (κ1) is 9.31. The lowest BCUT2D eigenvalue weighted by Gasteiger charge is -2.12. The highest BCUT2D eigenvalue weighted by molar-refractivity contribution is 6.30. The number of hydrogen-bond acceptors (Lipinski definition) is 3. The summed E-state index contributed by atoms with van der Waals surface area (Å²) in [6, 6.07) is 3.81. The van der Waals surface area contributed by atoms with Crippen LogP contribution in [-0.4, -0.2) is 19.9 Å². The molecule has 3 nitrogen and oxygen atoms in total. The van der Waals surface area contributed by atoms with E-state index in [-0.39, 0.29) is 0 Å². The SMILES string of the molecule is Clc1cc2c(c(C3CCNC3)c1)OCO2. The lowest BCUT2D eigenvalue weighted by Crippen LogP contribution is -2.08. The Balaban J connectivity index is 2.05. The van der Waals surface area contributed by atoms with Gasteiger partial charge in [0.25, 0.3) is 0 Å². The standard InChI is InChI=1S/C11H12ClNO2/c12-8-3-9(7-1-2-13-5-7)11-10(4-8)14-6-15-11/h3-4,7,13H,1-2,5-6H2. The highest BCUT2D eigenvalue weighted by Gasteiger charge is 2.26. The molecular weight excluding hydrogens is 214 g/mol. The van der Waals surface area contributed by atoms with Crippen molar-refractivity contribution in [3.05, 3.63) is 22.7 Å². The summed E-state index contributed by atoms with van der Waals surface area (Å²) in [6.07, 6.45) is 1.14. The predicted molar refractivity (Wildman–Crippen MR) is 57.8 cm³/mol. The van der Waals surface area contributed by atoms with Gasteiger partial charge in [0.15, 0.2) is 11.5 Å². The van der Waals surface area contributed by atoms with Gasteiger partial charge >= 0.3 is 0 Å². The van der Waals surface area contributed by atoms with E-state index < -0.39 is 0 Å². The second kappa shape index (κ2) is 3.58. The van der Waals surface area contributed by atoms with E-state index in [1.165, 1.54) is 5.56 Å². The summed E-state index contributed by atoms with van der Waals surface area (Å²) in [4.78, 5) is 0. The molecule has 2 aliphatic heterocycles. The summed E-state index contributed by atoms with van der Waals surface area (Å²) < 4.78 is 10.8. The Kier molecular flexibility index (Phi) is 2.22. The van der Waals surface area contributed by atoms with Crippen molar-refractivity contribution in [1.29, 1.82) is 0 Å². The normalized spacial score (nSPS) is 23.4. The van der Waals surface area contributed by atoms with Crippen LogP contribution in [0.5, 0.6) is 11.5 Å². The van der Waals surface area contributed by atoms with Gasteiger partial charge in [0.2, 0.25) is 6.79 Å². The molecule has 0 spiro atoms. The van der Waals surface area contributed by atoms with Crippen molar-refractivity contribution in [3.63, 3.8) is 0 Å². The topological polar surface area (TPSA) is 30.5 Å². The fraction of sp³-hybridized carbons (Fsp3) is 0.455. The van der Waals surface area contributed by atoms with Crippen molar-refractivity contribution in [1.82, 2.24) is 5.32 Å². The molecule has 1 fully saturated rings. The third kappa shape index (κ3) is 1.56. The number of rotatable bonds is 1. The van der Waals surface area contributed by atoms with E-state index in [0.717, 1.165) is 36.0 Å². The molecule has 1 N–H and O–H groups in total. The number of hydrogen-bond donors (Lipinski definition) is 1. The molecule has 1 aromatic carbocycles. The van der Waals surface area contributed by atoms with Gasteiger partial charge in [0, 0.05) is 29.1 Å². The maximum atomic E-state index is 6.05. The van der Waals surface area contributed by atoms with Crippen LogP contribution >= 0.6 is 11.6 Å². The van der Waals surface area contributed by atoms with E-state index >= 15 is 0 Å². The molecule has 15 heavy (non-hydrogen) atoms. The molecule has 1 atom stereocenters. The van der Waals surface area contributed by atoms with E-state index in [9.17, 15) is 0 Å². The molecule has 2 aliphatic rings. The smallest absolute Gasteiger partial charge is 0.231 e. The van der Waals surface area contributed by atoms with E-state index in [1.54, 1.807) is 0 Å². The third-order valence-electron chi connectivity index (χ3n) is 2.97. The van der Waals surface area contributed by atoms with E-state index in [0.29, 0.717) is 12.7 Å². The van der Waals surface area contributed by atoms with Gasteiger partial charge in [-0.15, -0.1) is 0 Å². The van der Waals surface area contributed by atoms with Crippen LogP contribution in [0.4, 0.5) is 0 Å². The van der Waals surface area contributed by atoms with Gasteiger partial charge in [-0.25, -0.2) is 0 Å². The van der Waals surface area contributed by atoms with E-state index in [4.69, 9.17) is 21.1 Å². The minimum Gasteiger partial charge on any atom is -0.454 e. The van der Waals surface area contributed by atoms with Crippen LogP contribution < -0.4 is 14.8 Å². The van der Waals surface area contributed by atoms with Crippen molar-refractivity contribution in [3.8, 4) is 11.5 Å². The largest absolute Gasteiger partial charge is 0.454 e. The molecule has 2 heterocycles. The zero-order chi connectivity index (χ0) is 10.3. The second-order valence-electron chi connectivity index (χ2n) is 3.92. The minimum atomic E-state index is 0.308. The number of benzene rings is 1. The molecule has 3 rings (SSSR count). The first-order valence-electron chi connectivity index (χ1n) is 5.14. The third-order valence-corrected chi connectivity index (χ3v) is 3.18. The maximum absolute atomic E-state index is 6.05. The summed E-state index contributed by atoms with van der Waals surface area (Å²) in [5, 5.41) is 4.07. The van der Waals surface area contributed by atoms with E-state index in [2.05, 4.69) is 5.32 Å². The van der Waals surface area contributed by atoms with Gasteiger partial charge in [-0.2, -0.15) is 0 Å². The average molecular weight is 226 g/mol. The Bertz CT molecular complexity index is 388. The average Bonchev–Trinajstić information content (AvgIpc) is 2.86. The van der Waals surface area contributed by atoms with Crippen LogP contribution in [0.3, 0.4) is 0 Å².